The van der Waals surface area contributed by atoms with E-state index in [1.807, 2.05) is 0 Å². The van der Waals surface area contributed by atoms with Crippen LogP contribution in [0.5, 0.6) is 5.75 Å². The molecule has 0 unspecified atom stereocenters. The summed E-state index contributed by atoms with van der Waals surface area (Å²) in [4.78, 5) is 30.1. The molecule has 3 heterocycles. The van der Waals surface area contributed by atoms with Gasteiger partial charge in [0.1, 0.15) is 16.9 Å². The van der Waals surface area contributed by atoms with Crippen molar-refractivity contribution in [1.29, 1.82) is 0 Å². The number of benzene rings is 1. The van der Waals surface area contributed by atoms with E-state index >= 15 is 0 Å². The second-order valence-electron chi connectivity index (χ2n) is 8.89. The number of amides is 1. The molecule has 34 heavy (non-hydrogen) atoms. The van der Waals surface area contributed by atoms with Crippen LogP contribution in [0.3, 0.4) is 0 Å². The monoisotopic (exact) mass is 474 g/mol. The molecule has 0 radical (unpaired) electrons. The van der Waals surface area contributed by atoms with E-state index in [0.29, 0.717) is 24.0 Å². The first kappa shape index (κ1) is 22.2. The molecule has 0 spiro atoms. The number of aliphatic hydroxyl groups is 1. The molecular formula is C23H21F3N4O4. The Kier molecular flexibility index (Phi) is 5.05. The molecule has 5 rings (SSSR count). The number of alkyl halides is 2. The quantitative estimate of drug-likeness (QED) is 0.450. The van der Waals surface area contributed by atoms with Crippen molar-refractivity contribution in [1.82, 2.24) is 14.9 Å². The van der Waals surface area contributed by atoms with Crippen LogP contribution in [-0.4, -0.2) is 50.3 Å². The van der Waals surface area contributed by atoms with Crippen LogP contribution in [-0.2, 0) is 13.0 Å². The van der Waals surface area contributed by atoms with Crippen molar-refractivity contribution in [2.45, 2.75) is 37.3 Å². The number of aromatic nitrogens is 2. The Labute approximate surface area is 191 Å². The summed E-state index contributed by atoms with van der Waals surface area (Å²) in [6, 6.07) is 5.63. The van der Waals surface area contributed by atoms with Gasteiger partial charge in [0.25, 0.3) is 17.4 Å². The van der Waals surface area contributed by atoms with Crippen molar-refractivity contribution in [3.63, 3.8) is 0 Å². The van der Waals surface area contributed by atoms with Gasteiger partial charge in [-0.2, -0.15) is 0 Å². The summed E-state index contributed by atoms with van der Waals surface area (Å²) in [7, 11) is 0. The number of anilines is 1. The van der Waals surface area contributed by atoms with Gasteiger partial charge in [-0.3, -0.25) is 19.1 Å². The molecule has 11 heteroatoms. The predicted octanol–water partition coefficient (Wildman–Crippen LogP) is 2.15. The molecule has 0 bridgehead atoms. The Morgan fingerprint density at radius 3 is 2.62 bits per heavy atom. The average molecular weight is 474 g/mol. The molecule has 2 aromatic heterocycles. The van der Waals surface area contributed by atoms with Crippen LogP contribution in [0.2, 0.25) is 0 Å². The second kappa shape index (κ2) is 7.73. The summed E-state index contributed by atoms with van der Waals surface area (Å²) in [5.74, 6) is -5.46. The minimum absolute atomic E-state index is 0.0448. The summed E-state index contributed by atoms with van der Waals surface area (Å²) in [5, 5.41) is 25.8. The number of hydrogen-bond donors (Lipinski definition) is 4. The number of aromatic hydroxyl groups is 1. The van der Waals surface area contributed by atoms with E-state index in [9.17, 15) is 33.0 Å². The molecule has 1 aromatic carbocycles. The standard InChI is InChI=1S/C23H21F3N4O4/c24-14-3-1-12(2-4-14)7-13-8-27-17-18-16(13)28-10-23(25,26)11-30(18)21(33)15(19(17)31)20(32)29-9-22(34)5-6-22/h1-4,8,28,31,34H,5-7,9-11H2,(H,29,32). The molecule has 0 saturated heterocycles. The van der Waals surface area contributed by atoms with Crippen LogP contribution < -0.4 is 16.2 Å². The third-order valence-corrected chi connectivity index (χ3v) is 6.18. The van der Waals surface area contributed by atoms with Gasteiger partial charge in [0, 0.05) is 24.7 Å². The molecule has 4 N–H and O–H groups in total. The van der Waals surface area contributed by atoms with E-state index in [1.54, 1.807) is 12.1 Å². The molecule has 8 nitrogen and oxygen atoms in total. The van der Waals surface area contributed by atoms with Crippen molar-refractivity contribution < 1.29 is 28.2 Å². The number of halogens is 3. The maximum Gasteiger partial charge on any atom is 0.282 e. The van der Waals surface area contributed by atoms with Crippen LogP contribution in [0.15, 0.2) is 35.3 Å². The Balaban J connectivity index is 1.65. The summed E-state index contributed by atoms with van der Waals surface area (Å²) in [6.45, 7) is -1.93. The van der Waals surface area contributed by atoms with Gasteiger partial charge in [0.2, 0.25) is 0 Å². The number of carbonyl (C=O) groups is 1. The summed E-state index contributed by atoms with van der Waals surface area (Å²) in [5.41, 5.74) is -1.76. The highest BCUT2D eigenvalue weighted by molar-refractivity contribution is 6.04. The Bertz CT molecular complexity index is 1370. The second-order valence-corrected chi connectivity index (χ2v) is 8.89. The lowest BCUT2D eigenvalue weighted by Crippen LogP contribution is -2.40. The Morgan fingerprint density at radius 1 is 1.24 bits per heavy atom. The van der Waals surface area contributed by atoms with Gasteiger partial charge in [-0.25, -0.2) is 13.2 Å². The third kappa shape index (κ3) is 3.96. The number of nitrogens with one attached hydrogen (secondary N) is 2. The highest BCUT2D eigenvalue weighted by Gasteiger charge is 2.41. The summed E-state index contributed by atoms with van der Waals surface area (Å²) >= 11 is 0. The normalized spacial score (nSPS) is 17.6. The van der Waals surface area contributed by atoms with E-state index in [-0.39, 0.29) is 29.7 Å². The topological polar surface area (TPSA) is 116 Å². The molecule has 1 saturated carbocycles. The van der Waals surface area contributed by atoms with Crippen molar-refractivity contribution in [2.24, 2.45) is 0 Å². The molecule has 0 atom stereocenters. The Hall–Kier alpha value is -3.60. The average Bonchev–Trinajstić information content (AvgIpc) is 3.55. The lowest BCUT2D eigenvalue weighted by Gasteiger charge is -2.18. The number of hydrogen-bond acceptors (Lipinski definition) is 6. The van der Waals surface area contributed by atoms with E-state index in [1.165, 1.54) is 18.3 Å². The van der Waals surface area contributed by atoms with Gasteiger partial charge in [0.05, 0.1) is 29.9 Å². The first-order valence-electron chi connectivity index (χ1n) is 10.7. The van der Waals surface area contributed by atoms with Crippen molar-refractivity contribution in [3.05, 3.63) is 63.3 Å². The number of rotatable bonds is 5. The maximum atomic E-state index is 14.6. The zero-order chi connectivity index (χ0) is 24.3. The maximum absolute atomic E-state index is 14.6. The van der Waals surface area contributed by atoms with E-state index in [2.05, 4.69) is 15.6 Å². The number of nitrogens with zero attached hydrogens (tertiary/aromatic N) is 2. The van der Waals surface area contributed by atoms with Gasteiger partial charge >= 0.3 is 0 Å². The van der Waals surface area contributed by atoms with Gasteiger partial charge in [-0.1, -0.05) is 12.1 Å². The minimum atomic E-state index is -3.34. The van der Waals surface area contributed by atoms with E-state index < -0.39 is 53.2 Å². The van der Waals surface area contributed by atoms with Gasteiger partial charge in [-0.15, -0.1) is 0 Å². The summed E-state index contributed by atoms with van der Waals surface area (Å²) in [6.07, 6.45) is 2.54. The fourth-order valence-electron chi connectivity index (χ4n) is 4.10. The highest BCUT2D eigenvalue weighted by atomic mass is 19.3. The van der Waals surface area contributed by atoms with Crippen LogP contribution in [0.4, 0.5) is 18.9 Å². The molecule has 2 aliphatic rings. The number of pyridine rings is 2. The predicted molar refractivity (Wildman–Crippen MR) is 117 cm³/mol. The van der Waals surface area contributed by atoms with Gasteiger partial charge in [0.15, 0.2) is 5.75 Å². The zero-order valence-electron chi connectivity index (χ0n) is 17.9. The van der Waals surface area contributed by atoms with Crippen LogP contribution in [0.1, 0.15) is 34.3 Å². The fraction of sp³-hybridized carbons (Fsp3) is 0.348. The molecule has 1 fully saturated rings. The SMILES string of the molecule is O=C(NCC1(O)CC1)c1c(O)c2ncc(Cc3ccc(F)cc3)c3c2n(c1=O)CC(F)(F)CN3. The smallest absolute Gasteiger partial charge is 0.282 e. The van der Waals surface area contributed by atoms with Crippen LogP contribution in [0.25, 0.3) is 11.0 Å². The number of carbonyl (C=O) groups excluding carboxylic acids is 1. The lowest BCUT2D eigenvalue weighted by molar-refractivity contribution is -0.000936. The molecule has 1 amide bonds. The minimum Gasteiger partial charge on any atom is -0.505 e. The first-order chi connectivity index (χ1) is 16.1. The molecule has 3 aromatic rings. The van der Waals surface area contributed by atoms with Crippen LogP contribution >= 0.6 is 0 Å². The van der Waals surface area contributed by atoms with Gasteiger partial charge < -0.3 is 20.8 Å². The van der Waals surface area contributed by atoms with Crippen molar-refractivity contribution in [2.75, 3.05) is 18.4 Å². The Morgan fingerprint density at radius 2 is 1.94 bits per heavy atom. The first-order valence-corrected chi connectivity index (χ1v) is 10.7. The lowest BCUT2D eigenvalue weighted by atomic mass is 10.0. The molecule has 178 valence electrons. The van der Waals surface area contributed by atoms with Gasteiger partial charge in [-0.05, 0) is 30.5 Å². The molecule has 1 aliphatic heterocycles. The van der Waals surface area contributed by atoms with E-state index in [4.69, 9.17) is 0 Å². The zero-order valence-corrected chi connectivity index (χ0v) is 17.9. The third-order valence-electron chi connectivity index (χ3n) is 6.18. The summed E-state index contributed by atoms with van der Waals surface area (Å²) < 4.78 is 43.2. The molecular weight excluding hydrogens is 453 g/mol. The van der Waals surface area contributed by atoms with Crippen molar-refractivity contribution in [3.8, 4) is 5.75 Å². The highest BCUT2D eigenvalue weighted by Crippen LogP contribution is 2.37. The molecule has 1 aliphatic carbocycles. The van der Waals surface area contributed by atoms with Crippen LogP contribution in [0, 0.1) is 5.82 Å². The van der Waals surface area contributed by atoms with Crippen molar-refractivity contribution >= 4 is 22.6 Å². The van der Waals surface area contributed by atoms with E-state index in [0.717, 1.165) is 4.57 Å². The largest absolute Gasteiger partial charge is 0.505 e. The fourth-order valence-corrected chi connectivity index (χ4v) is 4.10.